The minimum absolute atomic E-state index is 0.280. The van der Waals surface area contributed by atoms with Gasteiger partial charge in [-0.3, -0.25) is 4.79 Å². The van der Waals surface area contributed by atoms with Crippen LogP contribution in [0.25, 0.3) is 0 Å². The lowest BCUT2D eigenvalue weighted by atomic mass is 9.92. The second kappa shape index (κ2) is 3.97. The summed E-state index contributed by atoms with van der Waals surface area (Å²) in [7, 11) is 0. The van der Waals surface area contributed by atoms with Gasteiger partial charge < -0.3 is 10.0 Å². The van der Waals surface area contributed by atoms with Gasteiger partial charge in [-0.1, -0.05) is 6.92 Å². The molecule has 0 aromatic rings. The first-order chi connectivity index (χ1) is 6.47. The van der Waals surface area contributed by atoms with Crippen molar-refractivity contribution >= 4 is 5.97 Å². The van der Waals surface area contributed by atoms with Gasteiger partial charge in [0, 0.05) is 13.1 Å². The summed E-state index contributed by atoms with van der Waals surface area (Å²) in [5, 5.41) is 17.6. The van der Waals surface area contributed by atoms with E-state index in [1.54, 1.807) is 6.92 Å². The predicted molar refractivity (Wildman–Crippen MR) is 51.6 cm³/mol. The van der Waals surface area contributed by atoms with E-state index in [2.05, 4.69) is 11.0 Å². The summed E-state index contributed by atoms with van der Waals surface area (Å²) >= 11 is 0. The van der Waals surface area contributed by atoms with Crippen LogP contribution in [0.4, 0.5) is 0 Å². The number of carboxylic acids is 1. The molecule has 0 aromatic carbocycles. The molecule has 4 heteroatoms. The molecular weight excluding hydrogens is 180 g/mol. The topological polar surface area (TPSA) is 64.3 Å². The molecular formula is C10H16N2O2. The molecule has 1 aliphatic heterocycles. The number of nitriles is 1. The Morgan fingerprint density at radius 3 is 2.86 bits per heavy atom. The van der Waals surface area contributed by atoms with Crippen LogP contribution in [-0.4, -0.2) is 35.6 Å². The van der Waals surface area contributed by atoms with Gasteiger partial charge >= 0.3 is 5.97 Å². The van der Waals surface area contributed by atoms with Crippen LogP contribution < -0.4 is 0 Å². The van der Waals surface area contributed by atoms with E-state index < -0.39 is 5.97 Å². The zero-order chi connectivity index (χ0) is 10.8. The molecule has 14 heavy (non-hydrogen) atoms. The third-order valence-electron chi connectivity index (χ3n) is 2.78. The highest BCUT2D eigenvalue weighted by Gasteiger charge is 2.34. The SMILES string of the molecule is CC(CN1CCC(C)(C#N)C1)C(=O)O. The number of hydrogen-bond acceptors (Lipinski definition) is 3. The van der Waals surface area contributed by atoms with Crippen LogP contribution in [0.5, 0.6) is 0 Å². The summed E-state index contributed by atoms with van der Waals surface area (Å²) in [6.45, 7) is 5.71. The van der Waals surface area contributed by atoms with Gasteiger partial charge in [-0.25, -0.2) is 0 Å². The van der Waals surface area contributed by atoms with Gasteiger partial charge in [0.2, 0.25) is 0 Å². The highest BCUT2D eigenvalue weighted by atomic mass is 16.4. The average Bonchev–Trinajstić information content (AvgIpc) is 2.48. The Morgan fingerprint density at radius 1 is 1.79 bits per heavy atom. The largest absolute Gasteiger partial charge is 0.481 e. The number of rotatable bonds is 3. The number of likely N-dealkylation sites (tertiary alicyclic amines) is 1. The lowest BCUT2D eigenvalue weighted by Crippen LogP contribution is -2.31. The van der Waals surface area contributed by atoms with Crippen molar-refractivity contribution in [2.75, 3.05) is 19.6 Å². The summed E-state index contributed by atoms with van der Waals surface area (Å²) in [6, 6.07) is 2.28. The van der Waals surface area contributed by atoms with Crippen molar-refractivity contribution in [2.45, 2.75) is 20.3 Å². The third kappa shape index (κ3) is 2.46. The zero-order valence-corrected chi connectivity index (χ0v) is 8.66. The number of hydrogen-bond donors (Lipinski definition) is 1. The van der Waals surface area contributed by atoms with Crippen LogP contribution in [0, 0.1) is 22.7 Å². The Balaban J connectivity index is 2.45. The van der Waals surface area contributed by atoms with Crippen LogP contribution in [0.15, 0.2) is 0 Å². The van der Waals surface area contributed by atoms with Crippen molar-refractivity contribution in [1.82, 2.24) is 4.90 Å². The molecule has 1 heterocycles. The monoisotopic (exact) mass is 196 g/mol. The molecule has 2 atom stereocenters. The molecule has 1 fully saturated rings. The molecule has 1 saturated heterocycles. The van der Waals surface area contributed by atoms with E-state index >= 15 is 0 Å². The summed E-state index contributed by atoms with van der Waals surface area (Å²) in [5.74, 6) is -1.12. The highest BCUT2D eigenvalue weighted by molar-refractivity contribution is 5.69. The minimum atomic E-state index is -0.768. The maximum atomic E-state index is 10.6. The van der Waals surface area contributed by atoms with Gasteiger partial charge in [0.15, 0.2) is 0 Å². The van der Waals surface area contributed by atoms with Gasteiger partial charge in [0.25, 0.3) is 0 Å². The van der Waals surface area contributed by atoms with E-state index in [1.165, 1.54) is 0 Å². The van der Waals surface area contributed by atoms with Crippen LogP contribution in [0.1, 0.15) is 20.3 Å². The Kier molecular flexibility index (Phi) is 3.12. The fourth-order valence-corrected chi connectivity index (χ4v) is 1.77. The van der Waals surface area contributed by atoms with Crippen molar-refractivity contribution in [3.05, 3.63) is 0 Å². The highest BCUT2D eigenvalue weighted by Crippen LogP contribution is 2.29. The van der Waals surface area contributed by atoms with Crippen LogP contribution in [0.2, 0.25) is 0 Å². The van der Waals surface area contributed by atoms with Crippen molar-refractivity contribution < 1.29 is 9.90 Å². The van der Waals surface area contributed by atoms with Crippen molar-refractivity contribution in [3.63, 3.8) is 0 Å². The van der Waals surface area contributed by atoms with Crippen LogP contribution in [-0.2, 0) is 4.79 Å². The molecule has 2 unspecified atom stereocenters. The number of carbonyl (C=O) groups is 1. The van der Waals surface area contributed by atoms with E-state index in [4.69, 9.17) is 10.4 Å². The molecule has 1 N–H and O–H groups in total. The fourth-order valence-electron chi connectivity index (χ4n) is 1.77. The van der Waals surface area contributed by atoms with Gasteiger partial charge in [-0.15, -0.1) is 0 Å². The summed E-state index contributed by atoms with van der Waals surface area (Å²) < 4.78 is 0. The Hall–Kier alpha value is -1.08. The third-order valence-corrected chi connectivity index (χ3v) is 2.78. The predicted octanol–water partition coefficient (Wildman–Crippen LogP) is 0.943. The molecule has 0 bridgehead atoms. The second-order valence-corrected chi connectivity index (χ2v) is 4.40. The first kappa shape index (κ1) is 11.0. The number of carboxylic acid groups (broad SMARTS) is 1. The van der Waals surface area contributed by atoms with E-state index in [0.29, 0.717) is 13.1 Å². The molecule has 0 aliphatic carbocycles. The smallest absolute Gasteiger partial charge is 0.307 e. The van der Waals surface area contributed by atoms with Gasteiger partial charge in [-0.2, -0.15) is 5.26 Å². The molecule has 0 aromatic heterocycles. The Bertz CT molecular complexity index is 272. The molecule has 1 rings (SSSR count). The van der Waals surface area contributed by atoms with Crippen LogP contribution in [0.3, 0.4) is 0 Å². The Labute approximate surface area is 84.1 Å². The molecule has 0 saturated carbocycles. The number of aliphatic carboxylic acids is 1. The summed E-state index contributed by atoms with van der Waals surface area (Å²) in [5.41, 5.74) is -0.280. The molecule has 4 nitrogen and oxygen atoms in total. The first-order valence-electron chi connectivity index (χ1n) is 4.83. The van der Waals surface area contributed by atoms with Crippen molar-refractivity contribution in [3.8, 4) is 6.07 Å². The van der Waals surface area contributed by atoms with Gasteiger partial charge in [0.1, 0.15) is 0 Å². The van der Waals surface area contributed by atoms with Crippen LogP contribution >= 0.6 is 0 Å². The van der Waals surface area contributed by atoms with E-state index in [9.17, 15) is 4.79 Å². The molecule has 0 radical (unpaired) electrons. The molecule has 78 valence electrons. The molecule has 1 aliphatic rings. The van der Waals surface area contributed by atoms with E-state index in [1.807, 2.05) is 6.92 Å². The van der Waals surface area contributed by atoms with Gasteiger partial charge in [-0.05, 0) is 19.9 Å². The number of nitrogens with zero attached hydrogens (tertiary/aromatic N) is 2. The lowest BCUT2D eigenvalue weighted by Gasteiger charge is -2.19. The van der Waals surface area contributed by atoms with Crippen molar-refractivity contribution in [2.24, 2.45) is 11.3 Å². The van der Waals surface area contributed by atoms with E-state index in [0.717, 1.165) is 13.0 Å². The fraction of sp³-hybridized carbons (Fsp3) is 0.800. The first-order valence-corrected chi connectivity index (χ1v) is 4.83. The lowest BCUT2D eigenvalue weighted by molar-refractivity contribution is -0.141. The zero-order valence-electron chi connectivity index (χ0n) is 8.66. The maximum Gasteiger partial charge on any atom is 0.307 e. The second-order valence-electron chi connectivity index (χ2n) is 4.40. The normalized spacial score (nSPS) is 29.8. The molecule has 0 amide bonds. The minimum Gasteiger partial charge on any atom is -0.481 e. The quantitative estimate of drug-likeness (QED) is 0.729. The summed E-state index contributed by atoms with van der Waals surface area (Å²) in [4.78, 5) is 12.7. The summed E-state index contributed by atoms with van der Waals surface area (Å²) in [6.07, 6.45) is 0.843. The van der Waals surface area contributed by atoms with E-state index in [-0.39, 0.29) is 11.3 Å². The standard InChI is InChI=1S/C10H16N2O2/c1-8(9(13)14)5-12-4-3-10(2,6-11)7-12/h8H,3-5,7H2,1-2H3,(H,13,14). The average molecular weight is 196 g/mol. The van der Waals surface area contributed by atoms with Gasteiger partial charge in [0.05, 0.1) is 17.4 Å². The maximum absolute atomic E-state index is 10.6. The molecule has 0 spiro atoms. The Morgan fingerprint density at radius 2 is 2.43 bits per heavy atom. The van der Waals surface area contributed by atoms with Crippen molar-refractivity contribution in [1.29, 1.82) is 5.26 Å².